The van der Waals surface area contributed by atoms with Gasteiger partial charge in [-0.15, -0.1) is 6.58 Å². The van der Waals surface area contributed by atoms with Gasteiger partial charge in [-0.1, -0.05) is 78.9 Å². The highest BCUT2D eigenvalue weighted by Gasteiger charge is 2.29. The summed E-state index contributed by atoms with van der Waals surface area (Å²) < 4.78 is 0. The van der Waals surface area contributed by atoms with Crippen molar-refractivity contribution in [3.63, 3.8) is 0 Å². The van der Waals surface area contributed by atoms with Crippen molar-refractivity contribution in [1.82, 2.24) is 10.7 Å². The number of anilines is 1. The molecule has 5 nitrogen and oxygen atoms in total. The van der Waals surface area contributed by atoms with Crippen molar-refractivity contribution in [1.29, 1.82) is 0 Å². The average molecular weight is 440 g/mol. The van der Waals surface area contributed by atoms with Gasteiger partial charge in [-0.2, -0.15) is 10.2 Å². The van der Waals surface area contributed by atoms with Crippen LogP contribution in [0.4, 0.5) is 5.69 Å². The van der Waals surface area contributed by atoms with Crippen molar-refractivity contribution < 1.29 is 0 Å². The standard InChI is InChI=1S/C26H25N5S/c1-2-17-27-26(32)29-28-19-20-13-15-23(16-14-20)31-25(22-11-7-4-8-12-22)18-24(30-31)21-9-5-3-6-10-21/h2-16,19,25H,1,17-18H2,(H2,27,29,32)/b28-19-/t25-/m1/s1. The smallest absolute Gasteiger partial charge is 0.187 e. The number of thiocarbonyl (C=S) groups is 1. The highest BCUT2D eigenvalue weighted by Crippen LogP contribution is 2.36. The monoisotopic (exact) mass is 439 g/mol. The molecule has 2 N–H and O–H groups in total. The van der Waals surface area contributed by atoms with E-state index in [-0.39, 0.29) is 6.04 Å². The zero-order chi connectivity index (χ0) is 22.2. The number of hydrogen-bond donors (Lipinski definition) is 2. The SMILES string of the molecule is C=CCNC(=S)N/N=C\c1ccc(N2N=C(c3ccccc3)C[C@@H]2c2ccccc2)cc1. The Kier molecular flexibility index (Phi) is 7.05. The molecule has 1 aliphatic heterocycles. The number of benzene rings is 3. The second kappa shape index (κ2) is 10.5. The fourth-order valence-electron chi connectivity index (χ4n) is 3.57. The van der Waals surface area contributed by atoms with Gasteiger partial charge < -0.3 is 5.32 Å². The molecule has 0 fully saturated rings. The number of nitrogens with zero attached hydrogens (tertiary/aromatic N) is 3. The molecular formula is C26H25N5S. The molecule has 3 aromatic rings. The van der Waals surface area contributed by atoms with E-state index in [0.29, 0.717) is 11.7 Å². The summed E-state index contributed by atoms with van der Waals surface area (Å²) in [7, 11) is 0. The van der Waals surface area contributed by atoms with Crippen molar-refractivity contribution in [2.45, 2.75) is 12.5 Å². The van der Waals surface area contributed by atoms with Gasteiger partial charge >= 0.3 is 0 Å². The molecule has 3 aromatic carbocycles. The third-order valence-corrected chi connectivity index (χ3v) is 5.38. The van der Waals surface area contributed by atoms with E-state index in [1.54, 1.807) is 12.3 Å². The van der Waals surface area contributed by atoms with Crippen LogP contribution in [0.3, 0.4) is 0 Å². The normalized spacial score (nSPS) is 15.4. The van der Waals surface area contributed by atoms with Gasteiger partial charge in [0.1, 0.15) is 0 Å². The van der Waals surface area contributed by atoms with E-state index >= 15 is 0 Å². The predicted molar refractivity (Wildman–Crippen MR) is 137 cm³/mol. The minimum Gasteiger partial charge on any atom is -0.358 e. The number of hydrazone groups is 2. The molecule has 0 radical (unpaired) electrons. The Morgan fingerprint density at radius 2 is 1.72 bits per heavy atom. The Balaban J connectivity index is 1.53. The molecule has 0 aromatic heterocycles. The first-order valence-electron chi connectivity index (χ1n) is 10.5. The van der Waals surface area contributed by atoms with Crippen molar-refractivity contribution in [3.05, 3.63) is 114 Å². The third kappa shape index (κ3) is 5.28. The van der Waals surface area contributed by atoms with Crippen LogP contribution in [0.15, 0.2) is 108 Å². The lowest BCUT2D eigenvalue weighted by atomic mass is 9.98. The first-order valence-corrected chi connectivity index (χ1v) is 10.9. The number of nitrogens with one attached hydrogen (secondary N) is 2. The molecule has 160 valence electrons. The zero-order valence-corrected chi connectivity index (χ0v) is 18.5. The molecule has 0 unspecified atom stereocenters. The maximum Gasteiger partial charge on any atom is 0.187 e. The molecule has 6 heteroatoms. The Morgan fingerprint density at radius 1 is 1.03 bits per heavy atom. The lowest BCUT2D eigenvalue weighted by molar-refractivity contribution is 0.709. The largest absolute Gasteiger partial charge is 0.358 e. The zero-order valence-electron chi connectivity index (χ0n) is 17.7. The highest BCUT2D eigenvalue weighted by atomic mass is 32.1. The fraction of sp³-hybridized carbons (Fsp3) is 0.115. The first-order chi connectivity index (χ1) is 15.7. The van der Waals surface area contributed by atoms with E-state index < -0.39 is 0 Å². The van der Waals surface area contributed by atoms with Gasteiger partial charge in [0.25, 0.3) is 0 Å². The van der Waals surface area contributed by atoms with Crippen LogP contribution in [0, 0.1) is 0 Å². The lowest BCUT2D eigenvalue weighted by Crippen LogP contribution is -2.31. The maximum absolute atomic E-state index is 5.13. The molecule has 1 aliphatic rings. The third-order valence-electron chi connectivity index (χ3n) is 5.15. The Labute approximate surface area is 194 Å². The molecule has 0 spiro atoms. The first kappa shape index (κ1) is 21.5. The Morgan fingerprint density at radius 3 is 2.41 bits per heavy atom. The summed E-state index contributed by atoms with van der Waals surface area (Å²) in [5.41, 5.74) is 8.31. The second-order valence-corrected chi connectivity index (χ2v) is 7.76. The summed E-state index contributed by atoms with van der Waals surface area (Å²) in [6.07, 6.45) is 4.34. The summed E-state index contributed by atoms with van der Waals surface area (Å²) in [5.74, 6) is 0. The molecule has 0 amide bonds. The summed E-state index contributed by atoms with van der Waals surface area (Å²) in [5, 5.41) is 14.7. The predicted octanol–water partition coefficient (Wildman–Crippen LogP) is 5.03. The molecule has 1 atom stereocenters. The van der Waals surface area contributed by atoms with Crippen LogP contribution in [-0.2, 0) is 0 Å². The van der Waals surface area contributed by atoms with E-state index in [2.05, 4.69) is 88.1 Å². The van der Waals surface area contributed by atoms with Gasteiger partial charge in [0.05, 0.1) is 23.7 Å². The van der Waals surface area contributed by atoms with Crippen molar-refractivity contribution in [3.8, 4) is 0 Å². The van der Waals surface area contributed by atoms with Crippen molar-refractivity contribution >= 4 is 34.9 Å². The quantitative estimate of drug-likeness (QED) is 0.235. The van der Waals surface area contributed by atoms with E-state index in [4.69, 9.17) is 17.3 Å². The topological polar surface area (TPSA) is 52.0 Å². The van der Waals surface area contributed by atoms with Crippen LogP contribution < -0.4 is 15.8 Å². The molecule has 0 saturated heterocycles. The Bertz CT molecular complexity index is 1110. The summed E-state index contributed by atoms with van der Waals surface area (Å²) >= 11 is 5.13. The molecule has 1 heterocycles. The van der Waals surface area contributed by atoms with Gasteiger partial charge in [-0.05, 0) is 41.0 Å². The van der Waals surface area contributed by atoms with E-state index in [0.717, 1.165) is 28.9 Å². The van der Waals surface area contributed by atoms with E-state index in [9.17, 15) is 0 Å². The van der Waals surface area contributed by atoms with Crippen molar-refractivity contribution in [2.75, 3.05) is 11.6 Å². The minimum absolute atomic E-state index is 0.154. The summed E-state index contributed by atoms with van der Waals surface area (Å²) in [6, 6.07) is 29.3. The van der Waals surface area contributed by atoms with E-state index in [1.165, 1.54) is 5.56 Å². The lowest BCUT2D eigenvalue weighted by Gasteiger charge is -2.24. The number of hydrogen-bond acceptors (Lipinski definition) is 4. The van der Waals surface area contributed by atoms with Gasteiger partial charge in [0.2, 0.25) is 0 Å². The van der Waals surface area contributed by atoms with Crippen LogP contribution in [0.25, 0.3) is 0 Å². The molecule has 0 bridgehead atoms. The fourth-order valence-corrected chi connectivity index (χ4v) is 3.71. The summed E-state index contributed by atoms with van der Waals surface area (Å²) in [4.78, 5) is 0. The molecule has 0 saturated carbocycles. The van der Waals surface area contributed by atoms with Crippen LogP contribution in [0.5, 0.6) is 0 Å². The molecule has 4 rings (SSSR count). The average Bonchev–Trinajstić information content (AvgIpc) is 3.30. The number of rotatable bonds is 7. The van der Waals surface area contributed by atoms with Crippen LogP contribution in [0.1, 0.15) is 29.2 Å². The maximum atomic E-state index is 5.13. The molecule has 32 heavy (non-hydrogen) atoms. The van der Waals surface area contributed by atoms with Gasteiger partial charge in [-0.25, -0.2) is 0 Å². The van der Waals surface area contributed by atoms with Gasteiger partial charge in [0, 0.05) is 13.0 Å². The minimum atomic E-state index is 0.154. The van der Waals surface area contributed by atoms with Crippen LogP contribution >= 0.6 is 12.2 Å². The van der Waals surface area contributed by atoms with Gasteiger partial charge in [-0.3, -0.25) is 10.4 Å². The van der Waals surface area contributed by atoms with Gasteiger partial charge in [0.15, 0.2) is 5.11 Å². The Hall–Kier alpha value is -3.77. The van der Waals surface area contributed by atoms with E-state index in [1.807, 2.05) is 24.3 Å². The molecular weight excluding hydrogens is 414 g/mol. The van der Waals surface area contributed by atoms with Crippen molar-refractivity contribution in [2.24, 2.45) is 10.2 Å². The molecule has 0 aliphatic carbocycles. The van der Waals surface area contributed by atoms with Crippen LogP contribution in [-0.4, -0.2) is 23.6 Å². The highest BCUT2D eigenvalue weighted by molar-refractivity contribution is 7.80. The summed E-state index contributed by atoms with van der Waals surface area (Å²) in [6.45, 7) is 4.24. The second-order valence-electron chi connectivity index (χ2n) is 7.35. The van der Waals surface area contributed by atoms with Crippen LogP contribution in [0.2, 0.25) is 0 Å².